The number of fused-ring (bicyclic) bond motifs is 1. The molecule has 0 fully saturated rings. The van der Waals surface area contributed by atoms with E-state index in [0.29, 0.717) is 54.9 Å². The molecule has 10 heteroatoms. The van der Waals surface area contributed by atoms with Crippen LogP contribution in [0.25, 0.3) is 17.4 Å². The zero-order chi connectivity index (χ0) is 28.4. The SMILES string of the molecule is CCOC(=O)C1=C(C)N=c2s/c(=C\c3ccc(-c4ccc(C(=O)OCC)cc4)o3)c(=O)n2C1c1ccc(Cl)cc1. The van der Waals surface area contributed by atoms with Gasteiger partial charge in [0.05, 0.1) is 40.6 Å². The number of ether oxygens (including phenoxy) is 2. The van der Waals surface area contributed by atoms with E-state index >= 15 is 0 Å². The highest BCUT2D eigenvalue weighted by Crippen LogP contribution is 2.31. The summed E-state index contributed by atoms with van der Waals surface area (Å²) in [4.78, 5) is 43.7. The van der Waals surface area contributed by atoms with Crippen molar-refractivity contribution in [2.45, 2.75) is 26.8 Å². The molecule has 3 heterocycles. The molecule has 0 bridgehead atoms. The number of thiazole rings is 1. The van der Waals surface area contributed by atoms with Crippen molar-refractivity contribution >= 4 is 41.0 Å². The summed E-state index contributed by atoms with van der Waals surface area (Å²) in [6, 6.07) is 16.7. The van der Waals surface area contributed by atoms with E-state index in [1.54, 1.807) is 87.5 Å². The minimum Gasteiger partial charge on any atom is -0.463 e. The first kappa shape index (κ1) is 27.4. The van der Waals surface area contributed by atoms with Crippen LogP contribution in [0.1, 0.15) is 48.5 Å². The number of rotatable bonds is 7. The number of halogens is 1. The molecule has 40 heavy (non-hydrogen) atoms. The fourth-order valence-electron chi connectivity index (χ4n) is 4.45. The fourth-order valence-corrected chi connectivity index (χ4v) is 5.60. The summed E-state index contributed by atoms with van der Waals surface area (Å²) >= 11 is 7.32. The number of hydrogen-bond donors (Lipinski definition) is 0. The topological polar surface area (TPSA) is 100 Å². The van der Waals surface area contributed by atoms with Crippen molar-refractivity contribution in [1.29, 1.82) is 0 Å². The second kappa shape index (κ2) is 11.5. The van der Waals surface area contributed by atoms with Gasteiger partial charge in [0.25, 0.3) is 5.56 Å². The van der Waals surface area contributed by atoms with Crippen molar-refractivity contribution in [2.24, 2.45) is 4.99 Å². The van der Waals surface area contributed by atoms with Crippen molar-refractivity contribution in [3.05, 3.63) is 114 Å². The number of carbonyl (C=O) groups is 2. The lowest BCUT2D eigenvalue weighted by Gasteiger charge is -2.24. The smallest absolute Gasteiger partial charge is 0.338 e. The lowest BCUT2D eigenvalue weighted by molar-refractivity contribution is -0.139. The van der Waals surface area contributed by atoms with Crippen LogP contribution >= 0.6 is 22.9 Å². The predicted octanol–water partition coefficient (Wildman–Crippen LogP) is 4.89. The molecule has 0 amide bonds. The largest absolute Gasteiger partial charge is 0.463 e. The number of esters is 2. The predicted molar refractivity (Wildman–Crippen MR) is 152 cm³/mol. The van der Waals surface area contributed by atoms with Gasteiger partial charge in [-0.1, -0.05) is 47.2 Å². The van der Waals surface area contributed by atoms with Gasteiger partial charge in [-0.15, -0.1) is 0 Å². The molecule has 1 aliphatic heterocycles. The van der Waals surface area contributed by atoms with Crippen molar-refractivity contribution in [3.8, 4) is 11.3 Å². The van der Waals surface area contributed by atoms with Crippen LogP contribution in [0.5, 0.6) is 0 Å². The van der Waals surface area contributed by atoms with E-state index < -0.39 is 12.0 Å². The Bertz CT molecular complexity index is 1800. The van der Waals surface area contributed by atoms with Gasteiger partial charge >= 0.3 is 11.9 Å². The van der Waals surface area contributed by atoms with Crippen molar-refractivity contribution in [2.75, 3.05) is 13.2 Å². The minimum atomic E-state index is -0.722. The molecule has 2 aromatic heterocycles. The van der Waals surface area contributed by atoms with E-state index in [2.05, 4.69) is 4.99 Å². The summed E-state index contributed by atoms with van der Waals surface area (Å²) in [7, 11) is 0. The van der Waals surface area contributed by atoms with Crippen molar-refractivity contribution in [3.63, 3.8) is 0 Å². The highest BCUT2D eigenvalue weighted by molar-refractivity contribution is 7.07. The number of carbonyl (C=O) groups excluding carboxylic acids is 2. The van der Waals surface area contributed by atoms with E-state index in [1.807, 2.05) is 0 Å². The third-order valence-electron chi connectivity index (χ3n) is 6.28. The molecule has 0 saturated carbocycles. The Morgan fingerprint density at radius 2 is 1.68 bits per heavy atom. The second-order valence-corrected chi connectivity index (χ2v) is 10.3. The molecule has 204 valence electrons. The summed E-state index contributed by atoms with van der Waals surface area (Å²) in [6.45, 7) is 5.72. The Morgan fingerprint density at radius 3 is 2.35 bits per heavy atom. The van der Waals surface area contributed by atoms with Crippen LogP contribution in [-0.2, 0) is 14.3 Å². The zero-order valence-electron chi connectivity index (χ0n) is 22.0. The molecule has 0 aliphatic carbocycles. The van der Waals surface area contributed by atoms with Crippen LogP contribution in [-0.4, -0.2) is 29.7 Å². The summed E-state index contributed by atoms with van der Waals surface area (Å²) in [5, 5.41) is 0.540. The van der Waals surface area contributed by atoms with Crippen LogP contribution in [0, 0.1) is 0 Å². The number of nitrogens with zero attached hydrogens (tertiary/aromatic N) is 2. The summed E-state index contributed by atoms with van der Waals surface area (Å²) in [5.41, 5.74) is 2.40. The van der Waals surface area contributed by atoms with Gasteiger partial charge < -0.3 is 13.9 Å². The van der Waals surface area contributed by atoms with Gasteiger partial charge in [0, 0.05) is 16.7 Å². The van der Waals surface area contributed by atoms with E-state index in [9.17, 15) is 14.4 Å². The first-order valence-electron chi connectivity index (χ1n) is 12.6. The second-order valence-electron chi connectivity index (χ2n) is 8.85. The zero-order valence-corrected chi connectivity index (χ0v) is 23.5. The third-order valence-corrected chi connectivity index (χ3v) is 7.52. The number of hydrogen-bond acceptors (Lipinski definition) is 8. The maximum absolute atomic E-state index is 13.7. The Hall–Kier alpha value is -4.21. The van der Waals surface area contributed by atoms with Crippen LogP contribution in [0.15, 0.2) is 86.1 Å². The lowest BCUT2D eigenvalue weighted by Crippen LogP contribution is -2.39. The molecule has 4 aromatic rings. The maximum Gasteiger partial charge on any atom is 0.338 e. The fraction of sp³-hybridized carbons (Fsp3) is 0.200. The monoisotopic (exact) mass is 576 g/mol. The molecule has 2 aromatic carbocycles. The van der Waals surface area contributed by atoms with Crippen LogP contribution in [0.4, 0.5) is 0 Å². The van der Waals surface area contributed by atoms with Crippen LogP contribution in [0.2, 0.25) is 5.02 Å². The molecule has 1 aliphatic rings. The molecule has 1 atom stereocenters. The van der Waals surface area contributed by atoms with Gasteiger partial charge in [-0.05, 0) is 62.7 Å². The number of benzene rings is 2. The molecule has 0 N–H and O–H groups in total. The molecular weight excluding hydrogens is 552 g/mol. The van der Waals surface area contributed by atoms with Gasteiger partial charge in [-0.2, -0.15) is 0 Å². The Balaban J connectivity index is 1.54. The van der Waals surface area contributed by atoms with Gasteiger partial charge in [0.15, 0.2) is 4.80 Å². The quantitative estimate of drug-likeness (QED) is 0.291. The van der Waals surface area contributed by atoms with Crippen molar-refractivity contribution < 1.29 is 23.5 Å². The minimum absolute atomic E-state index is 0.194. The number of aromatic nitrogens is 1. The van der Waals surface area contributed by atoms with Crippen molar-refractivity contribution in [1.82, 2.24) is 4.57 Å². The van der Waals surface area contributed by atoms with E-state index in [1.165, 1.54) is 15.9 Å². The first-order valence-corrected chi connectivity index (χ1v) is 13.8. The van der Waals surface area contributed by atoms with Crippen LogP contribution in [0.3, 0.4) is 0 Å². The average molecular weight is 577 g/mol. The van der Waals surface area contributed by atoms with Gasteiger partial charge in [0.1, 0.15) is 11.5 Å². The normalized spacial score (nSPS) is 15.0. The highest BCUT2D eigenvalue weighted by atomic mass is 35.5. The third kappa shape index (κ3) is 5.30. The number of allylic oxidation sites excluding steroid dienone is 1. The van der Waals surface area contributed by atoms with Gasteiger partial charge in [-0.25, -0.2) is 14.6 Å². The van der Waals surface area contributed by atoms with E-state index in [0.717, 1.165) is 5.56 Å². The number of furan rings is 1. The molecule has 0 saturated heterocycles. The van der Waals surface area contributed by atoms with Gasteiger partial charge in [0.2, 0.25) is 0 Å². The Kier molecular flexibility index (Phi) is 7.86. The Labute approximate surface area is 238 Å². The van der Waals surface area contributed by atoms with E-state index in [-0.39, 0.29) is 18.1 Å². The summed E-state index contributed by atoms with van der Waals surface area (Å²) < 4.78 is 18.3. The molecule has 1 unspecified atom stereocenters. The molecule has 5 rings (SSSR count). The molecule has 0 spiro atoms. The average Bonchev–Trinajstić information content (AvgIpc) is 3.53. The Morgan fingerprint density at radius 1 is 1.00 bits per heavy atom. The maximum atomic E-state index is 13.7. The molecule has 0 radical (unpaired) electrons. The lowest BCUT2D eigenvalue weighted by atomic mass is 9.96. The summed E-state index contributed by atoms with van der Waals surface area (Å²) in [6.07, 6.45) is 1.66. The molecular formula is C30H25ClN2O6S. The standard InChI is InChI=1S/C30H25ClN2O6S/c1-4-37-28(35)20-8-6-18(7-9-20)23-15-14-22(39-23)16-24-27(34)33-26(19-10-12-21(31)13-11-19)25(29(36)38-5-2)17(3)32-30(33)40-24/h6-16,26H,4-5H2,1-3H3/b24-16-. The van der Waals surface area contributed by atoms with Crippen LogP contribution < -0.4 is 14.9 Å². The van der Waals surface area contributed by atoms with Gasteiger partial charge in [-0.3, -0.25) is 9.36 Å². The van der Waals surface area contributed by atoms with E-state index in [4.69, 9.17) is 25.5 Å². The highest BCUT2D eigenvalue weighted by Gasteiger charge is 2.33. The summed E-state index contributed by atoms with van der Waals surface area (Å²) in [5.74, 6) is 0.137. The molecule has 8 nitrogen and oxygen atoms in total. The first-order chi connectivity index (χ1) is 19.3.